The topological polar surface area (TPSA) is 15.3 Å². The second-order valence-corrected chi connectivity index (χ2v) is 5.31. The number of nitrogens with one attached hydrogen (secondary N) is 1. The summed E-state index contributed by atoms with van der Waals surface area (Å²) in [6.45, 7) is 8.85. The van der Waals surface area contributed by atoms with Crippen molar-refractivity contribution in [1.82, 2.24) is 10.2 Å². The van der Waals surface area contributed by atoms with E-state index in [4.69, 9.17) is 6.42 Å². The number of hydrogen-bond acceptors (Lipinski definition) is 2. The molecule has 0 aromatic carbocycles. The Morgan fingerprint density at radius 1 is 1.41 bits per heavy atom. The zero-order valence-corrected chi connectivity index (χ0v) is 11.5. The van der Waals surface area contributed by atoms with E-state index in [1.54, 1.807) is 0 Å². The molecular weight excluding hydrogens is 208 g/mol. The van der Waals surface area contributed by atoms with Crippen LogP contribution in [-0.4, -0.2) is 37.1 Å². The number of likely N-dealkylation sites (tertiary alicyclic amines) is 1. The molecule has 0 aromatic rings. The summed E-state index contributed by atoms with van der Waals surface area (Å²) >= 11 is 0. The molecule has 2 atom stereocenters. The molecule has 1 heterocycles. The van der Waals surface area contributed by atoms with E-state index in [-0.39, 0.29) is 0 Å². The van der Waals surface area contributed by atoms with Gasteiger partial charge < -0.3 is 5.32 Å². The van der Waals surface area contributed by atoms with Crippen LogP contribution in [0, 0.1) is 18.3 Å². The van der Waals surface area contributed by atoms with Crippen molar-refractivity contribution in [3.63, 3.8) is 0 Å². The minimum absolute atomic E-state index is 0.615. The predicted octanol–water partition coefficient (Wildman–Crippen LogP) is 2.50. The summed E-state index contributed by atoms with van der Waals surface area (Å²) < 4.78 is 0. The van der Waals surface area contributed by atoms with Gasteiger partial charge in [-0.2, -0.15) is 0 Å². The van der Waals surface area contributed by atoms with Crippen LogP contribution in [-0.2, 0) is 0 Å². The van der Waals surface area contributed by atoms with Gasteiger partial charge >= 0.3 is 0 Å². The summed E-state index contributed by atoms with van der Waals surface area (Å²) in [5, 5.41) is 3.31. The summed E-state index contributed by atoms with van der Waals surface area (Å²) in [5.41, 5.74) is 0. The molecule has 1 aliphatic heterocycles. The fourth-order valence-corrected chi connectivity index (χ4v) is 2.81. The summed E-state index contributed by atoms with van der Waals surface area (Å²) in [6.07, 6.45) is 12.2. The molecular formula is C15H28N2. The van der Waals surface area contributed by atoms with E-state index in [1.165, 1.54) is 45.2 Å². The minimum Gasteiger partial charge on any atom is -0.305 e. The Hall–Kier alpha value is -0.520. The van der Waals surface area contributed by atoms with E-state index in [0.717, 1.165) is 12.5 Å². The molecule has 0 aliphatic carbocycles. The Labute approximate surface area is 107 Å². The van der Waals surface area contributed by atoms with E-state index in [1.807, 2.05) is 0 Å². The van der Waals surface area contributed by atoms with Crippen LogP contribution in [0.3, 0.4) is 0 Å². The standard InChI is InChI=1S/C15H28N2/c1-4-7-15-8-6-11-17(12-9-15)14(3)13-16-10-5-2/h2,14-16H,4,6-13H2,1,3H3. The Morgan fingerprint density at radius 2 is 2.24 bits per heavy atom. The lowest BCUT2D eigenvalue weighted by Crippen LogP contribution is -2.41. The van der Waals surface area contributed by atoms with Crippen molar-refractivity contribution in [3.05, 3.63) is 0 Å². The molecule has 1 fully saturated rings. The van der Waals surface area contributed by atoms with Crippen LogP contribution < -0.4 is 5.32 Å². The number of nitrogens with zero attached hydrogens (tertiary/aromatic N) is 1. The molecule has 17 heavy (non-hydrogen) atoms. The molecule has 0 radical (unpaired) electrons. The van der Waals surface area contributed by atoms with Gasteiger partial charge in [-0.15, -0.1) is 6.42 Å². The normalized spacial score (nSPS) is 23.9. The number of terminal acetylenes is 1. The van der Waals surface area contributed by atoms with Crippen molar-refractivity contribution >= 4 is 0 Å². The lowest BCUT2D eigenvalue weighted by molar-refractivity contribution is 0.210. The van der Waals surface area contributed by atoms with Gasteiger partial charge in [0, 0.05) is 12.6 Å². The Morgan fingerprint density at radius 3 is 2.94 bits per heavy atom. The van der Waals surface area contributed by atoms with Crippen LogP contribution in [0.5, 0.6) is 0 Å². The van der Waals surface area contributed by atoms with Crippen LogP contribution in [0.2, 0.25) is 0 Å². The third-order valence-corrected chi connectivity index (χ3v) is 3.87. The molecule has 2 heteroatoms. The quantitative estimate of drug-likeness (QED) is 0.563. The van der Waals surface area contributed by atoms with Crippen molar-refractivity contribution < 1.29 is 0 Å². The van der Waals surface area contributed by atoms with Gasteiger partial charge in [0.2, 0.25) is 0 Å². The summed E-state index contributed by atoms with van der Waals surface area (Å²) in [5.74, 6) is 3.60. The highest BCUT2D eigenvalue weighted by Gasteiger charge is 2.19. The van der Waals surface area contributed by atoms with E-state index in [2.05, 4.69) is 30.0 Å². The second-order valence-electron chi connectivity index (χ2n) is 5.31. The molecule has 0 spiro atoms. The highest BCUT2D eigenvalue weighted by Crippen LogP contribution is 2.22. The molecule has 0 aromatic heterocycles. The van der Waals surface area contributed by atoms with E-state index >= 15 is 0 Å². The van der Waals surface area contributed by atoms with Gasteiger partial charge in [0.05, 0.1) is 6.54 Å². The average Bonchev–Trinajstić information content (AvgIpc) is 2.55. The van der Waals surface area contributed by atoms with Crippen molar-refractivity contribution in [1.29, 1.82) is 0 Å². The van der Waals surface area contributed by atoms with Gasteiger partial charge in [-0.1, -0.05) is 25.7 Å². The van der Waals surface area contributed by atoms with Gasteiger partial charge in [0.25, 0.3) is 0 Å². The maximum Gasteiger partial charge on any atom is 0.0574 e. The zero-order chi connectivity index (χ0) is 12.5. The monoisotopic (exact) mass is 236 g/mol. The highest BCUT2D eigenvalue weighted by molar-refractivity contribution is 4.87. The average molecular weight is 236 g/mol. The summed E-state index contributed by atoms with van der Waals surface area (Å²) in [4.78, 5) is 2.62. The van der Waals surface area contributed by atoms with Crippen molar-refractivity contribution in [2.75, 3.05) is 26.2 Å². The third-order valence-electron chi connectivity index (χ3n) is 3.87. The van der Waals surface area contributed by atoms with Crippen LogP contribution >= 0.6 is 0 Å². The molecule has 0 saturated carbocycles. The van der Waals surface area contributed by atoms with Crippen molar-refractivity contribution in [2.24, 2.45) is 5.92 Å². The lowest BCUT2D eigenvalue weighted by atomic mass is 9.96. The first-order valence-electron chi connectivity index (χ1n) is 7.16. The number of rotatable bonds is 6. The minimum atomic E-state index is 0.615. The summed E-state index contributed by atoms with van der Waals surface area (Å²) in [6, 6.07) is 0.615. The van der Waals surface area contributed by atoms with Crippen molar-refractivity contribution in [2.45, 2.75) is 52.0 Å². The third kappa shape index (κ3) is 5.57. The summed E-state index contributed by atoms with van der Waals surface area (Å²) in [7, 11) is 0. The van der Waals surface area contributed by atoms with Gasteiger partial charge in [-0.05, 0) is 45.2 Å². The van der Waals surface area contributed by atoms with Gasteiger partial charge in [-0.25, -0.2) is 0 Å². The van der Waals surface area contributed by atoms with Gasteiger partial charge in [0.15, 0.2) is 0 Å². The van der Waals surface area contributed by atoms with E-state index in [9.17, 15) is 0 Å². The number of hydrogen-bond donors (Lipinski definition) is 1. The first-order chi connectivity index (χ1) is 8.27. The Balaban J connectivity index is 2.27. The molecule has 98 valence electrons. The van der Waals surface area contributed by atoms with Crippen LogP contribution in [0.15, 0.2) is 0 Å². The highest BCUT2D eigenvalue weighted by atomic mass is 15.2. The first kappa shape index (κ1) is 14.5. The fraction of sp³-hybridized carbons (Fsp3) is 0.867. The Kier molecular flexibility index (Phi) is 7.32. The molecule has 1 rings (SSSR count). The van der Waals surface area contributed by atoms with Crippen LogP contribution in [0.1, 0.15) is 46.0 Å². The van der Waals surface area contributed by atoms with Gasteiger partial charge in [-0.3, -0.25) is 4.90 Å². The van der Waals surface area contributed by atoms with Crippen LogP contribution in [0.4, 0.5) is 0 Å². The molecule has 2 nitrogen and oxygen atoms in total. The SMILES string of the molecule is C#CCNCC(C)N1CCCC(CCC)CC1. The molecule has 1 aliphatic rings. The lowest BCUT2D eigenvalue weighted by Gasteiger charge is -2.27. The zero-order valence-electron chi connectivity index (χ0n) is 11.5. The van der Waals surface area contributed by atoms with Crippen molar-refractivity contribution in [3.8, 4) is 12.3 Å². The molecule has 0 amide bonds. The van der Waals surface area contributed by atoms with Gasteiger partial charge in [0.1, 0.15) is 0 Å². The fourth-order valence-electron chi connectivity index (χ4n) is 2.81. The Bertz CT molecular complexity index is 232. The van der Waals surface area contributed by atoms with Crippen LogP contribution in [0.25, 0.3) is 0 Å². The first-order valence-corrected chi connectivity index (χ1v) is 7.16. The maximum absolute atomic E-state index is 5.24. The smallest absolute Gasteiger partial charge is 0.0574 e. The second kappa shape index (κ2) is 8.55. The van der Waals surface area contributed by atoms with E-state index < -0.39 is 0 Å². The van der Waals surface area contributed by atoms with E-state index in [0.29, 0.717) is 12.6 Å². The largest absolute Gasteiger partial charge is 0.305 e. The maximum atomic E-state index is 5.24. The predicted molar refractivity (Wildman–Crippen MR) is 75.0 cm³/mol. The molecule has 2 unspecified atom stereocenters. The molecule has 0 bridgehead atoms. The molecule has 1 N–H and O–H groups in total. The molecule has 1 saturated heterocycles.